The van der Waals surface area contributed by atoms with Crippen molar-refractivity contribution in [3.8, 4) is 0 Å². The second-order valence-electron chi connectivity index (χ2n) is 6.99. The smallest absolute Gasteiger partial charge is 0.0412 e. The van der Waals surface area contributed by atoms with Crippen molar-refractivity contribution >= 4 is 21.6 Å². The van der Waals surface area contributed by atoms with Crippen LogP contribution >= 0.6 is 15.9 Å². The Bertz CT molecular complexity index is 459. The molecule has 3 heteroatoms. The first kappa shape index (κ1) is 16.8. The maximum absolute atomic E-state index is 3.62. The van der Waals surface area contributed by atoms with Crippen LogP contribution in [0, 0.1) is 17.8 Å². The van der Waals surface area contributed by atoms with Gasteiger partial charge in [-0.15, -0.1) is 0 Å². The van der Waals surface area contributed by atoms with E-state index in [-0.39, 0.29) is 0 Å². The molecule has 1 aliphatic heterocycles. The Hall–Kier alpha value is -0.540. The summed E-state index contributed by atoms with van der Waals surface area (Å²) in [6.07, 6.45) is 1.30. The molecular weight excluding hydrogens is 324 g/mol. The lowest BCUT2D eigenvalue weighted by Gasteiger charge is -2.38. The molecule has 0 radical (unpaired) electrons. The highest BCUT2D eigenvalue weighted by molar-refractivity contribution is 9.10. The predicted molar refractivity (Wildman–Crippen MR) is 95.8 cm³/mol. The molecule has 2 atom stereocenters. The zero-order chi connectivity index (χ0) is 15.4. The first-order valence-corrected chi connectivity index (χ1v) is 9.00. The zero-order valence-electron chi connectivity index (χ0n) is 13.8. The molecule has 0 aromatic heterocycles. The number of hydrogen-bond acceptors (Lipinski definition) is 2. The predicted octanol–water partition coefficient (Wildman–Crippen LogP) is 4.68. The third kappa shape index (κ3) is 4.72. The maximum Gasteiger partial charge on any atom is 0.0412 e. The van der Waals surface area contributed by atoms with Crippen molar-refractivity contribution in [2.75, 3.05) is 24.5 Å². The van der Waals surface area contributed by atoms with Crippen molar-refractivity contribution in [1.29, 1.82) is 0 Å². The summed E-state index contributed by atoms with van der Waals surface area (Å²) in [4.78, 5) is 2.57. The monoisotopic (exact) mass is 352 g/mol. The summed E-state index contributed by atoms with van der Waals surface area (Å²) in [6, 6.07) is 6.72. The number of nitrogens with zero attached hydrogens (tertiary/aromatic N) is 1. The molecule has 118 valence electrons. The topological polar surface area (TPSA) is 15.3 Å². The number of nitrogens with one attached hydrogen (secondary N) is 1. The van der Waals surface area contributed by atoms with Crippen LogP contribution < -0.4 is 10.2 Å². The number of benzene rings is 1. The summed E-state index contributed by atoms with van der Waals surface area (Å²) >= 11 is 3.62. The minimum Gasteiger partial charge on any atom is -0.371 e. The molecule has 0 aliphatic carbocycles. The van der Waals surface area contributed by atoms with E-state index in [0.29, 0.717) is 5.92 Å². The molecule has 2 nitrogen and oxygen atoms in total. The Morgan fingerprint density at radius 3 is 2.71 bits per heavy atom. The average molecular weight is 353 g/mol. The Morgan fingerprint density at radius 2 is 2.05 bits per heavy atom. The van der Waals surface area contributed by atoms with Crippen LogP contribution in [0.25, 0.3) is 0 Å². The van der Waals surface area contributed by atoms with Gasteiger partial charge in [0.2, 0.25) is 0 Å². The van der Waals surface area contributed by atoms with Crippen LogP contribution in [0.3, 0.4) is 0 Å². The first-order valence-electron chi connectivity index (χ1n) is 8.21. The third-order valence-electron chi connectivity index (χ3n) is 4.58. The molecule has 1 saturated heterocycles. The largest absolute Gasteiger partial charge is 0.371 e. The van der Waals surface area contributed by atoms with E-state index in [9.17, 15) is 0 Å². The quantitative estimate of drug-likeness (QED) is 0.827. The van der Waals surface area contributed by atoms with Crippen molar-refractivity contribution < 1.29 is 0 Å². The van der Waals surface area contributed by atoms with Crippen LogP contribution in [-0.4, -0.2) is 19.6 Å². The van der Waals surface area contributed by atoms with Gasteiger partial charge in [0.1, 0.15) is 0 Å². The molecule has 1 heterocycles. The molecule has 2 rings (SSSR count). The molecule has 0 spiro atoms. The fraction of sp³-hybridized carbons (Fsp3) is 0.667. The van der Waals surface area contributed by atoms with Gasteiger partial charge in [0, 0.05) is 29.8 Å². The highest BCUT2D eigenvalue weighted by Gasteiger charge is 2.24. The summed E-state index contributed by atoms with van der Waals surface area (Å²) < 4.78 is 1.17. The van der Waals surface area contributed by atoms with Crippen LogP contribution in [0.15, 0.2) is 22.7 Å². The molecule has 1 aliphatic rings. The van der Waals surface area contributed by atoms with Gasteiger partial charge in [0.05, 0.1) is 0 Å². The van der Waals surface area contributed by atoms with Crippen LogP contribution in [0.5, 0.6) is 0 Å². The van der Waals surface area contributed by atoms with Gasteiger partial charge in [-0.2, -0.15) is 0 Å². The Morgan fingerprint density at radius 1 is 1.29 bits per heavy atom. The maximum atomic E-state index is 3.62. The summed E-state index contributed by atoms with van der Waals surface area (Å²) in [5.41, 5.74) is 2.82. The highest BCUT2D eigenvalue weighted by Crippen LogP contribution is 2.30. The minimum absolute atomic E-state index is 0.691. The lowest BCUT2D eigenvalue weighted by Crippen LogP contribution is -2.39. The number of piperidine rings is 1. The van der Waals surface area contributed by atoms with Crippen molar-refractivity contribution in [1.82, 2.24) is 5.32 Å². The normalized spacial score (nSPS) is 22.9. The summed E-state index contributed by atoms with van der Waals surface area (Å²) in [5.74, 6) is 2.31. The summed E-state index contributed by atoms with van der Waals surface area (Å²) in [5, 5.41) is 3.58. The van der Waals surface area contributed by atoms with Gasteiger partial charge in [0.15, 0.2) is 0 Å². The zero-order valence-corrected chi connectivity index (χ0v) is 15.4. The van der Waals surface area contributed by atoms with E-state index in [0.717, 1.165) is 24.9 Å². The molecule has 1 N–H and O–H groups in total. The second kappa shape index (κ2) is 7.64. The van der Waals surface area contributed by atoms with Gasteiger partial charge < -0.3 is 10.2 Å². The lowest BCUT2D eigenvalue weighted by atomic mass is 9.88. The fourth-order valence-corrected chi connectivity index (χ4v) is 3.39. The Balaban J connectivity index is 2.11. The molecular formula is C18H29BrN2. The van der Waals surface area contributed by atoms with Crippen molar-refractivity contribution in [2.45, 2.75) is 40.7 Å². The molecule has 21 heavy (non-hydrogen) atoms. The number of halogens is 1. The molecule has 0 amide bonds. The van der Waals surface area contributed by atoms with Gasteiger partial charge in [-0.05, 0) is 54.5 Å². The van der Waals surface area contributed by atoms with Crippen molar-refractivity contribution in [3.63, 3.8) is 0 Å². The molecule has 0 bridgehead atoms. The average Bonchev–Trinajstić information content (AvgIpc) is 2.42. The van der Waals surface area contributed by atoms with E-state index in [1.807, 2.05) is 0 Å². The minimum atomic E-state index is 0.691. The van der Waals surface area contributed by atoms with Gasteiger partial charge in [0.25, 0.3) is 0 Å². The van der Waals surface area contributed by atoms with Gasteiger partial charge in [-0.1, -0.05) is 43.6 Å². The van der Waals surface area contributed by atoms with Gasteiger partial charge >= 0.3 is 0 Å². The number of hydrogen-bond donors (Lipinski definition) is 1. The van der Waals surface area contributed by atoms with Crippen LogP contribution in [0.1, 0.15) is 39.7 Å². The van der Waals surface area contributed by atoms with Gasteiger partial charge in [-0.3, -0.25) is 0 Å². The molecule has 2 unspecified atom stereocenters. The van der Waals surface area contributed by atoms with Crippen LogP contribution in [0.4, 0.5) is 5.69 Å². The van der Waals surface area contributed by atoms with E-state index in [1.165, 1.54) is 35.2 Å². The van der Waals surface area contributed by atoms with E-state index in [1.54, 1.807) is 0 Å². The van der Waals surface area contributed by atoms with Crippen molar-refractivity contribution in [3.05, 3.63) is 28.2 Å². The Labute approximate surface area is 138 Å². The summed E-state index contributed by atoms with van der Waals surface area (Å²) in [6.45, 7) is 13.7. The number of rotatable bonds is 5. The third-order valence-corrected chi connectivity index (χ3v) is 5.08. The number of anilines is 1. The van der Waals surface area contributed by atoms with Gasteiger partial charge in [-0.25, -0.2) is 0 Å². The van der Waals surface area contributed by atoms with E-state index in [4.69, 9.17) is 0 Å². The van der Waals surface area contributed by atoms with E-state index in [2.05, 4.69) is 72.0 Å². The van der Waals surface area contributed by atoms with E-state index < -0.39 is 0 Å². The van der Waals surface area contributed by atoms with Crippen LogP contribution in [0.2, 0.25) is 0 Å². The SMILES string of the molecule is CC(C)CNCc1cc(Br)ccc1N1CCC(C)C(C)C1. The standard InChI is InChI=1S/C18H29BrN2/c1-13(2)10-20-11-16-9-17(19)5-6-18(16)21-8-7-14(3)15(4)12-21/h5-6,9,13-15,20H,7-8,10-12H2,1-4H3. The fourth-order valence-electron chi connectivity index (χ4n) is 2.98. The molecule has 1 aromatic rings. The lowest BCUT2D eigenvalue weighted by molar-refractivity contribution is 0.323. The Kier molecular flexibility index (Phi) is 6.12. The second-order valence-corrected chi connectivity index (χ2v) is 7.90. The summed E-state index contributed by atoms with van der Waals surface area (Å²) in [7, 11) is 0. The van der Waals surface area contributed by atoms with Crippen molar-refractivity contribution in [2.24, 2.45) is 17.8 Å². The first-order chi connectivity index (χ1) is 9.97. The molecule has 0 saturated carbocycles. The molecule has 1 aromatic carbocycles. The van der Waals surface area contributed by atoms with E-state index >= 15 is 0 Å². The molecule has 1 fully saturated rings. The highest BCUT2D eigenvalue weighted by atomic mass is 79.9. The van der Waals surface area contributed by atoms with Crippen LogP contribution in [-0.2, 0) is 6.54 Å².